The van der Waals surface area contributed by atoms with Crippen LogP contribution in [0.5, 0.6) is 0 Å². The van der Waals surface area contributed by atoms with Crippen molar-refractivity contribution < 1.29 is 0 Å². The summed E-state index contributed by atoms with van der Waals surface area (Å²) in [6.07, 6.45) is 1.17. The van der Waals surface area contributed by atoms with Crippen LogP contribution in [0.2, 0.25) is 0 Å². The van der Waals surface area contributed by atoms with Gasteiger partial charge in [-0.25, -0.2) is 0 Å². The first-order valence-electron chi connectivity index (χ1n) is 21.7. The first-order chi connectivity index (χ1) is 29.0. The van der Waals surface area contributed by atoms with Crippen LogP contribution >= 0.6 is 0 Å². The Morgan fingerprint density at radius 3 is 1.50 bits per heavy atom. The Balaban J connectivity index is 1.11. The van der Waals surface area contributed by atoms with E-state index >= 15 is 0 Å². The maximum atomic E-state index is 2.58. The van der Waals surface area contributed by atoms with E-state index < -0.39 is 5.41 Å². The minimum absolute atomic E-state index is 0.0849. The lowest BCUT2D eigenvalue weighted by Gasteiger charge is -2.36. The van der Waals surface area contributed by atoms with Crippen LogP contribution in [0.25, 0.3) is 44.5 Å². The van der Waals surface area contributed by atoms with Gasteiger partial charge in [0.2, 0.25) is 0 Å². The molecule has 0 saturated carbocycles. The highest BCUT2D eigenvalue weighted by Gasteiger charge is 2.53. The molecule has 0 heterocycles. The third-order valence-electron chi connectivity index (χ3n) is 14.9. The lowest BCUT2D eigenvalue weighted by Crippen LogP contribution is -2.28. The molecule has 8 aromatic carbocycles. The predicted octanol–water partition coefficient (Wildman–Crippen LogP) is 15.4. The van der Waals surface area contributed by atoms with Crippen molar-refractivity contribution in [3.63, 3.8) is 0 Å². The van der Waals surface area contributed by atoms with Gasteiger partial charge in [-0.2, -0.15) is 0 Å². The van der Waals surface area contributed by atoms with Crippen molar-refractivity contribution in [3.8, 4) is 44.5 Å². The zero-order valence-electron chi connectivity index (χ0n) is 35.4. The summed E-state index contributed by atoms with van der Waals surface area (Å²) in [5, 5.41) is 0. The van der Waals surface area contributed by atoms with Gasteiger partial charge in [-0.15, -0.1) is 0 Å². The van der Waals surface area contributed by atoms with Gasteiger partial charge < -0.3 is 4.90 Å². The summed E-state index contributed by atoms with van der Waals surface area (Å²) in [6, 6.07) is 66.9. The molecule has 4 aliphatic carbocycles. The van der Waals surface area contributed by atoms with Crippen molar-refractivity contribution in [2.24, 2.45) is 0 Å². The van der Waals surface area contributed by atoms with E-state index in [1.807, 2.05) is 0 Å². The lowest BCUT2D eigenvalue weighted by atomic mass is 9.70. The van der Waals surface area contributed by atoms with Crippen molar-refractivity contribution >= 4 is 17.1 Å². The Morgan fingerprint density at radius 1 is 0.350 bits per heavy atom. The first kappa shape index (κ1) is 35.5. The van der Waals surface area contributed by atoms with Gasteiger partial charge >= 0.3 is 0 Å². The minimum Gasteiger partial charge on any atom is -0.310 e. The number of para-hydroxylation sites is 2. The Labute approximate surface area is 355 Å². The van der Waals surface area contributed by atoms with Crippen molar-refractivity contribution in [3.05, 3.63) is 220 Å². The number of rotatable bonds is 4. The summed E-state index contributed by atoms with van der Waals surface area (Å²) in [6.45, 7) is 14.6. The Hall–Kier alpha value is -6.44. The molecule has 0 unspecified atom stereocenters. The molecule has 0 radical (unpaired) electrons. The Morgan fingerprint density at radius 2 is 0.850 bits per heavy atom. The molecule has 8 aromatic rings. The van der Waals surface area contributed by atoms with Crippen LogP contribution in [0, 0.1) is 0 Å². The molecule has 12 rings (SSSR count). The number of benzene rings is 8. The highest BCUT2D eigenvalue weighted by Crippen LogP contribution is 2.66. The molecule has 0 saturated heterocycles. The molecule has 290 valence electrons. The molecule has 0 atom stereocenters. The van der Waals surface area contributed by atoms with Gasteiger partial charge in [-0.05, 0) is 132 Å². The van der Waals surface area contributed by atoms with E-state index in [9.17, 15) is 0 Å². The summed E-state index contributed by atoms with van der Waals surface area (Å²) in [7, 11) is 0. The molecular formula is C59H49N. The van der Waals surface area contributed by atoms with Crippen molar-refractivity contribution in [2.45, 2.75) is 69.6 Å². The fourth-order valence-corrected chi connectivity index (χ4v) is 12.6. The number of nitrogens with zero attached hydrogens (tertiary/aromatic N) is 1. The van der Waals surface area contributed by atoms with Crippen LogP contribution in [0.3, 0.4) is 0 Å². The summed E-state index contributed by atoms with van der Waals surface area (Å²) in [5.41, 5.74) is 25.0. The summed E-state index contributed by atoms with van der Waals surface area (Å²) >= 11 is 0. The highest BCUT2D eigenvalue weighted by atomic mass is 15.1. The second kappa shape index (κ2) is 12.1. The minimum atomic E-state index is -0.483. The van der Waals surface area contributed by atoms with Gasteiger partial charge in [-0.1, -0.05) is 181 Å². The maximum Gasteiger partial charge on any atom is 0.0746 e. The molecule has 1 spiro atoms. The molecular weight excluding hydrogens is 723 g/mol. The number of anilines is 3. The van der Waals surface area contributed by atoms with Crippen LogP contribution in [0.4, 0.5) is 17.1 Å². The van der Waals surface area contributed by atoms with Gasteiger partial charge in [0.15, 0.2) is 0 Å². The van der Waals surface area contributed by atoms with E-state index in [0.29, 0.717) is 0 Å². The average molecular weight is 772 g/mol. The summed E-state index contributed by atoms with van der Waals surface area (Å²) in [5.74, 6) is 0. The van der Waals surface area contributed by atoms with Crippen molar-refractivity contribution in [1.82, 2.24) is 0 Å². The van der Waals surface area contributed by atoms with Gasteiger partial charge in [0.05, 0.1) is 16.8 Å². The Kier molecular flexibility index (Phi) is 7.15. The fourth-order valence-electron chi connectivity index (χ4n) is 12.6. The van der Waals surface area contributed by atoms with Gasteiger partial charge in [0.25, 0.3) is 0 Å². The molecule has 0 amide bonds. The topological polar surface area (TPSA) is 3.24 Å². The number of hydrogen-bond donors (Lipinski definition) is 0. The molecule has 0 fully saturated rings. The predicted molar refractivity (Wildman–Crippen MR) is 251 cm³/mol. The largest absolute Gasteiger partial charge is 0.310 e. The highest BCUT2D eigenvalue weighted by molar-refractivity contribution is 6.01. The lowest BCUT2D eigenvalue weighted by molar-refractivity contribution is 0.403. The number of hydrogen-bond acceptors (Lipinski definition) is 1. The summed E-state index contributed by atoms with van der Waals surface area (Å²) in [4.78, 5) is 2.55. The van der Waals surface area contributed by atoms with Crippen LogP contribution in [-0.4, -0.2) is 0 Å². The average Bonchev–Trinajstić information content (AvgIpc) is 3.88. The van der Waals surface area contributed by atoms with Crippen LogP contribution < -0.4 is 4.90 Å². The van der Waals surface area contributed by atoms with Crippen molar-refractivity contribution in [1.29, 1.82) is 0 Å². The van der Waals surface area contributed by atoms with Crippen LogP contribution in [0.15, 0.2) is 176 Å². The molecule has 0 N–H and O–H groups in total. The third kappa shape index (κ3) is 4.53. The van der Waals surface area contributed by atoms with E-state index in [-0.39, 0.29) is 16.2 Å². The Bertz CT molecular complexity index is 3040. The van der Waals surface area contributed by atoms with Gasteiger partial charge in [0.1, 0.15) is 0 Å². The molecule has 4 aliphatic rings. The van der Waals surface area contributed by atoms with E-state index in [4.69, 9.17) is 0 Å². The zero-order valence-corrected chi connectivity index (χ0v) is 35.4. The SMILES string of the molecule is CC1(C)CC(C)(C)c2cc3c(cc21)-c1cc(-c2ccccc2N(c2ccccc2)c2cccc4c2C2(c5ccccc5-c5ccccc52)c2ccccc2-4)ccc1C3(C)C. The molecule has 0 aliphatic heterocycles. The fraction of sp³-hybridized carbons (Fsp3) is 0.186. The van der Waals surface area contributed by atoms with E-state index in [1.54, 1.807) is 0 Å². The first-order valence-corrected chi connectivity index (χ1v) is 21.7. The van der Waals surface area contributed by atoms with E-state index in [1.165, 1.54) is 101 Å². The number of fused-ring (bicyclic) bond motifs is 14. The molecule has 1 heteroatoms. The van der Waals surface area contributed by atoms with Crippen LogP contribution in [-0.2, 0) is 21.7 Å². The standard InChI is InChI=1S/C59H49N/c1-56(2)36-57(3,4)52-35-50-45(34-51(52)56)44-33-37(31-32-46(44)58(50,5)6)39-21-13-17-29-53(39)60(38-19-8-7-9-20-38)54-30-18-25-43-42-24-12-16-28-49(42)59(55(43)54)47-26-14-10-22-40(47)41-23-11-15-27-48(41)59/h7-35H,36H2,1-6H3. The van der Waals surface area contributed by atoms with Crippen molar-refractivity contribution in [2.75, 3.05) is 4.90 Å². The monoisotopic (exact) mass is 771 g/mol. The molecule has 0 bridgehead atoms. The third-order valence-corrected chi connectivity index (χ3v) is 14.9. The quantitative estimate of drug-likeness (QED) is 0.172. The molecule has 1 nitrogen and oxygen atoms in total. The van der Waals surface area contributed by atoms with Gasteiger partial charge in [-0.3, -0.25) is 0 Å². The van der Waals surface area contributed by atoms with E-state index in [0.717, 1.165) is 11.4 Å². The maximum absolute atomic E-state index is 2.58. The molecule has 0 aromatic heterocycles. The molecule has 60 heavy (non-hydrogen) atoms. The normalized spacial score (nSPS) is 17.0. The zero-order chi connectivity index (χ0) is 40.8. The van der Waals surface area contributed by atoms with Crippen LogP contribution in [0.1, 0.15) is 92.5 Å². The summed E-state index contributed by atoms with van der Waals surface area (Å²) < 4.78 is 0. The second-order valence-corrected chi connectivity index (χ2v) is 19.5. The van der Waals surface area contributed by atoms with Gasteiger partial charge in [0, 0.05) is 22.2 Å². The van der Waals surface area contributed by atoms with E-state index in [2.05, 4.69) is 222 Å². The second-order valence-electron chi connectivity index (χ2n) is 19.5. The smallest absolute Gasteiger partial charge is 0.0746 e.